The van der Waals surface area contributed by atoms with Crippen molar-refractivity contribution in [3.8, 4) is 0 Å². The molecule has 1 N–H and O–H groups in total. The molecule has 1 heterocycles. The van der Waals surface area contributed by atoms with Crippen LogP contribution in [-0.2, 0) is 0 Å². The molecule has 2 saturated carbocycles. The molecule has 1 saturated heterocycles. The molecule has 0 radical (unpaired) electrons. The van der Waals surface area contributed by atoms with Gasteiger partial charge in [0, 0.05) is 30.7 Å². The molecular weight excluding hydrogens is 244 g/mol. The van der Waals surface area contributed by atoms with Gasteiger partial charge in [-0.05, 0) is 31.6 Å². The van der Waals surface area contributed by atoms with Crippen molar-refractivity contribution in [3.63, 3.8) is 0 Å². The van der Waals surface area contributed by atoms with Crippen LogP contribution >= 0.6 is 0 Å². The van der Waals surface area contributed by atoms with Crippen LogP contribution in [0.1, 0.15) is 78.1 Å². The molecule has 1 aliphatic heterocycles. The summed E-state index contributed by atoms with van der Waals surface area (Å²) in [5.74, 6) is 0.836. The Morgan fingerprint density at radius 2 is 1.80 bits per heavy atom. The zero-order valence-electron chi connectivity index (χ0n) is 13.7. The normalized spacial score (nSPS) is 33.6. The molecule has 0 aromatic carbocycles. The summed E-state index contributed by atoms with van der Waals surface area (Å²) in [4.78, 5) is 2.97. The van der Waals surface area contributed by atoms with E-state index in [2.05, 4.69) is 24.1 Å². The van der Waals surface area contributed by atoms with Crippen LogP contribution in [0.15, 0.2) is 0 Å². The summed E-state index contributed by atoms with van der Waals surface area (Å²) in [6, 6.07) is 1.68. The first-order chi connectivity index (χ1) is 9.74. The van der Waals surface area contributed by atoms with Crippen molar-refractivity contribution in [2.45, 2.75) is 95.7 Å². The lowest BCUT2D eigenvalue weighted by molar-refractivity contribution is 0.00541. The molecule has 0 aromatic heterocycles. The fourth-order valence-electron chi connectivity index (χ4n) is 4.96. The standard InChI is InChI=1S/C18H34N2/c1-3-15(2)17-13-19-18(11-7-8-12-18)14-20(17)16-9-5-4-6-10-16/h15-17,19H,3-14H2,1-2H3. The largest absolute Gasteiger partial charge is 0.308 e. The van der Waals surface area contributed by atoms with E-state index in [0.717, 1.165) is 18.0 Å². The highest BCUT2D eigenvalue weighted by atomic mass is 15.3. The van der Waals surface area contributed by atoms with Crippen LogP contribution in [-0.4, -0.2) is 35.6 Å². The van der Waals surface area contributed by atoms with E-state index in [9.17, 15) is 0 Å². The van der Waals surface area contributed by atoms with Crippen molar-refractivity contribution in [2.24, 2.45) is 5.92 Å². The highest BCUT2D eigenvalue weighted by molar-refractivity contribution is 5.03. The quantitative estimate of drug-likeness (QED) is 0.841. The molecule has 1 spiro atoms. The van der Waals surface area contributed by atoms with Gasteiger partial charge in [0.2, 0.25) is 0 Å². The van der Waals surface area contributed by atoms with E-state index in [0.29, 0.717) is 5.54 Å². The second-order valence-corrected chi connectivity index (χ2v) is 7.79. The minimum Gasteiger partial charge on any atom is -0.308 e. The molecule has 0 aromatic rings. The molecule has 3 rings (SSSR count). The highest BCUT2D eigenvalue weighted by Gasteiger charge is 2.44. The Bertz CT molecular complexity index is 303. The Kier molecular flexibility index (Phi) is 4.72. The summed E-state index contributed by atoms with van der Waals surface area (Å²) in [5.41, 5.74) is 0.488. The Labute approximate surface area is 125 Å². The maximum Gasteiger partial charge on any atom is 0.0309 e. The molecule has 20 heavy (non-hydrogen) atoms. The molecule has 2 unspecified atom stereocenters. The van der Waals surface area contributed by atoms with Gasteiger partial charge < -0.3 is 5.32 Å². The van der Waals surface area contributed by atoms with Gasteiger partial charge in [-0.2, -0.15) is 0 Å². The molecule has 3 fully saturated rings. The number of hydrogen-bond acceptors (Lipinski definition) is 2. The zero-order chi connectivity index (χ0) is 14.0. The van der Waals surface area contributed by atoms with Gasteiger partial charge in [0.25, 0.3) is 0 Å². The number of nitrogens with zero attached hydrogens (tertiary/aromatic N) is 1. The smallest absolute Gasteiger partial charge is 0.0309 e. The monoisotopic (exact) mass is 278 g/mol. The Balaban J connectivity index is 1.74. The van der Waals surface area contributed by atoms with Gasteiger partial charge in [-0.25, -0.2) is 0 Å². The lowest BCUT2D eigenvalue weighted by Crippen LogP contribution is -2.66. The maximum absolute atomic E-state index is 3.99. The van der Waals surface area contributed by atoms with Gasteiger partial charge in [0.05, 0.1) is 0 Å². The molecule has 2 aliphatic carbocycles. The van der Waals surface area contributed by atoms with Gasteiger partial charge in [-0.15, -0.1) is 0 Å². The van der Waals surface area contributed by atoms with Gasteiger partial charge in [0.15, 0.2) is 0 Å². The van der Waals surface area contributed by atoms with E-state index >= 15 is 0 Å². The molecule has 0 bridgehead atoms. The highest BCUT2D eigenvalue weighted by Crippen LogP contribution is 2.37. The second kappa shape index (κ2) is 6.36. The zero-order valence-corrected chi connectivity index (χ0v) is 13.7. The molecule has 2 atom stereocenters. The van der Waals surface area contributed by atoms with Crippen LogP contribution in [0.4, 0.5) is 0 Å². The van der Waals surface area contributed by atoms with E-state index in [1.807, 2.05) is 0 Å². The van der Waals surface area contributed by atoms with Crippen molar-refractivity contribution in [1.82, 2.24) is 10.2 Å². The molecule has 0 amide bonds. The van der Waals surface area contributed by atoms with E-state index in [1.54, 1.807) is 0 Å². The van der Waals surface area contributed by atoms with Crippen LogP contribution in [0.5, 0.6) is 0 Å². The Hall–Kier alpha value is -0.0800. The fourth-order valence-corrected chi connectivity index (χ4v) is 4.96. The molecule has 3 aliphatic rings. The van der Waals surface area contributed by atoms with Crippen molar-refractivity contribution in [2.75, 3.05) is 13.1 Å². The lowest BCUT2D eigenvalue weighted by atomic mass is 9.83. The van der Waals surface area contributed by atoms with Crippen molar-refractivity contribution < 1.29 is 0 Å². The fraction of sp³-hybridized carbons (Fsp3) is 1.00. The van der Waals surface area contributed by atoms with E-state index in [1.165, 1.54) is 77.3 Å². The summed E-state index contributed by atoms with van der Waals surface area (Å²) in [7, 11) is 0. The predicted molar refractivity (Wildman–Crippen MR) is 86.0 cm³/mol. The molecule has 116 valence electrons. The molecule has 2 nitrogen and oxygen atoms in total. The number of rotatable bonds is 3. The summed E-state index contributed by atoms with van der Waals surface area (Å²) >= 11 is 0. The van der Waals surface area contributed by atoms with E-state index in [-0.39, 0.29) is 0 Å². The van der Waals surface area contributed by atoms with Crippen molar-refractivity contribution in [1.29, 1.82) is 0 Å². The van der Waals surface area contributed by atoms with Crippen molar-refractivity contribution >= 4 is 0 Å². The first kappa shape index (κ1) is 14.8. The lowest BCUT2D eigenvalue weighted by Gasteiger charge is -2.52. The minimum atomic E-state index is 0.488. The number of nitrogens with one attached hydrogen (secondary N) is 1. The third-order valence-corrected chi connectivity index (χ3v) is 6.50. The molecule has 2 heteroatoms. The summed E-state index contributed by atoms with van der Waals surface area (Å²) in [6.45, 7) is 7.41. The average Bonchev–Trinajstić information content (AvgIpc) is 2.95. The second-order valence-electron chi connectivity index (χ2n) is 7.79. The Morgan fingerprint density at radius 1 is 1.10 bits per heavy atom. The first-order valence-corrected chi connectivity index (χ1v) is 9.25. The van der Waals surface area contributed by atoms with E-state index < -0.39 is 0 Å². The predicted octanol–water partition coefficient (Wildman–Crippen LogP) is 3.95. The maximum atomic E-state index is 3.99. The van der Waals surface area contributed by atoms with Gasteiger partial charge in [-0.3, -0.25) is 4.90 Å². The van der Waals surface area contributed by atoms with Crippen LogP contribution in [0.2, 0.25) is 0 Å². The average molecular weight is 278 g/mol. The first-order valence-electron chi connectivity index (χ1n) is 9.25. The number of hydrogen-bond donors (Lipinski definition) is 1. The Morgan fingerprint density at radius 3 is 2.45 bits per heavy atom. The molecular formula is C18H34N2. The van der Waals surface area contributed by atoms with Gasteiger partial charge >= 0.3 is 0 Å². The SMILES string of the molecule is CCC(C)C1CNC2(CCCC2)CN1C1CCCCC1. The van der Waals surface area contributed by atoms with Crippen LogP contribution in [0.3, 0.4) is 0 Å². The van der Waals surface area contributed by atoms with Crippen LogP contribution < -0.4 is 5.32 Å². The van der Waals surface area contributed by atoms with Gasteiger partial charge in [-0.1, -0.05) is 52.4 Å². The number of piperazine rings is 1. The van der Waals surface area contributed by atoms with Gasteiger partial charge in [0.1, 0.15) is 0 Å². The summed E-state index contributed by atoms with van der Waals surface area (Å²) in [6.07, 6.45) is 14.4. The van der Waals surface area contributed by atoms with E-state index in [4.69, 9.17) is 0 Å². The minimum absolute atomic E-state index is 0.488. The third kappa shape index (κ3) is 2.92. The van der Waals surface area contributed by atoms with Crippen LogP contribution in [0, 0.1) is 5.92 Å². The topological polar surface area (TPSA) is 15.3 Å². The summed E-state index contributed by atoms with van der Waals surface area (Å²) < 4.78 is 0. The summed E-state index contributed by atoms with van der Waals surface area (Å²) in [5, 5.41) is 3.99. The third-order valence-electron chi connectivity index (χ3n) is 6.50. The van der Waals surface area contributed by atoms with Crippen LogP contribution in [0.25, 0.3) is 0 Å². The van der Waals surface area contributed by atoms with Crippen molar-refractivity contribution in [3.05, 3.63) is 0 Å².